The number of alkyl halides is 3. The fourth-order valence-electron chi connectivity index (χ4n) is 1.54. The Morgan fingerprint density at radius 3 is 2.61 bits per heavy atom. The van der Waals surface area contributed by atoms with Gasteiger partial charge in [-0.2, -0.15) is 13.2 Å². The predicted molar refractivity (Wildman–Crippen MR) is 59.7 cm³/mol. The summed E-state index contributed by atoms with van der Waals surface area (Å²) in [6.45, 7) is 0.910. The molecule has 0 saturated carbocycles. The van der Waals surface area contributed by atoms with Gasteiger partial charge in [-0.1, -0.05) is 19.1 Å². The number of ether oxygens (including phenoxy) is 1. The summed E-state index contributed by atoms with van der Waals surface area (Å²) < 4.78 is 53.5. The van der Waals surface area contributed by atoms with Crippen molar-refractivity contribution in [3.8, 4) is 0 Å². The van der Waals surface area contributed by atoms with Crippen LogP contribution in [-0.4, -0.2) is 25.9 Å². The summed E-state index contributed by atoms with van der Waals surface area (Å²) in [6.07, 6.45) is -4.35. The highest BCUT2D eigenvalue weighted by Gasteiger charge is 2.28. The molecule has 1 unspecified atom stereocenters. The Balaban J connectivity index is 2.60. The van der Waals surface area contributed by atoms with Gasteiger partial charge in [0, 0.05) is 0 Å². The van der Waals surface area contributed by atoms with Crippen LogP contribution in [0.3, 0.4) is 0 Å². The number of rotatable bonds is 6. The van der Waals surface area contributed by atoms with Crippen LogP contribution in [0.1, 0.15) is 18.5 Å². The van der Waals surface area contributed by atoms with E-state index < -0.39 is 24.6 Å². The molecule has 18 heavy (non-hydrogen) atoms. The second-order valence-corrected chi connectivity index (χ2v) is 3.80. The molecule has 0 aliphatic rings. The van der Waals surface area contributed by atoms with Crippen molar-refractivity contribution in [2.24, 2.45) is 0 Å². The monoisotopic (exact) mass is 265 g/mol. The van der Waals surface area contributed by atoms with Gasteiger partial charge in [0.15, 0.2) is 0 Å². The van der Waals surface area contributed by atoms with Crippen molar-refractivity contribution in [3.63, 3.8) is 0 Å². The standard InChI is InChI=1S/C12H15F4NO/c1-2-17-11(7-18-8-12(14,15)16)9-4-3-5-10(13)6-9/h3-6,11,17H,2,7-8H2,1H3. The first kappa shape index (κ1) is 14.9. The lowest BCUT2D eigenvalue weighted by Crippen LogP contribution is -2.28. The Bertz CT molecular complexity index is 367. The summed E-state index contributed by atoms with van der Waals surface area (Å²) in [5.41, 5.74) is 0.569. The molecule has 0 saturated heterocycles. The van der Waals surface area contributed by atoms with Gasteiger partial charge in [-0.15, -0.1) is 0 Å². The second kappa shape index (κ2) is 6.70. The number of benzene rings is 1. The summed E-state index contributed by atoms with van der Waals surface area (Å²) in [4.78, 5) is 0. The van der Waals surface area contributed by atoms with Crippen molar-refractivity contribution in [1.29, 1.82) is 0 Å². The molecular weight excluding hydrogens is 250 g/mol. The Hall–Kier alpha value is -1.14. The van der Waals surface area contributed by atoms with E-state index in [-0.39, 0.29) is 6.61 Å². The number of nitrogens with one attached hydrogen (secondary N) is 1. The van der Waals surface area contributed by atoms with Crippen LogP contribution in [0.5, 0.6) is 0 Å². The van der Waals surface area contributed by atoms with Crippen LogP contribution in [0.15, 0.2) is 24.3 Å². The van der Waals surface area contributed by atoms with E-state index >= 15 is 0 Å². The predicted octanol–water partition coefficient (Wildman–Crippen LogP) is 3.06. The van der Waals surface area contributed by atoms with Crippen LogP contribution in [0.25, 0.3) is 0 Å². The van der Waals surface area contributed by atoms with E-state index in [1.807, 2.05) is 6.92 Å². The normalized spacial score (nSPS) is 13.6. The van der Waals surface area contributed by atoms with Crippen LogP contribution in [0, 0.1) is 5.82 Å². The molecule has 0 bridgehead atoms. The maximum Gasteiger partial charge on any atom is 0.411 e. The average Bonchev–Trinajstić information content (AvgIpc) is 2.26. The summed E-state index contributed by atoms with van der Waals surface area (Å²) in [7, 11) is 0. The topological polar surface area (TPSA) is 21.3 Å². The maximum absolute atomic E-state index is 13.0. The Labute approximate surface area is 103 Å². The molecule has 1 N–H and O–H groups in total. The highest BCUT2D eigenvalue weighted by Crippen LogP contribution is 2.18. The molecule has 6 heteroatoms. The molecule has 1 aromatic carbocycles. The van der Waals surface area contributed by atoms with Crippen LogP contribution < -0.4 is 5.32 Å². The third kappa shape index (κ3) is 5.46. The van der Waals surface area contributed by atoms with Crippen molar-refractivity contribution in [2.45, 2.75) is 19.1 Å². The minimum atomic E-state index is -4.35. The van der Waals surface area contributed by atoms with Gasteiger partial charge >= 0.3 is 6.18 Å². The molecule has 0 heterocycles. The lowest BCUT2D eigenvalue weighted by atomic mass is 10.1. The van der Waals surface area contributed by atoms with Crippen molar-refractivity contribution >= 4 is 0 Å². The average molecular weight is 265 g/mol. The zero-order chi connectivity index (χ0) is 13.6. The summed E-state index contributed by atoms with van der Waals surface area (Å²) in [5, 5.41) is 2.95. The van der Waals surface area contributed by atoms with Crippen molar-refractivity contribution in [2.75, 3.05) is 19.8 Å². The van der Waals surface area contributed by atoms with Gasteiger partial charge in [0.05, 0.1) is 12.6 Å². The third-order valence-corrected chi connectivity index (χ3v) is 2.25. The fourth-order valence-corrected chi connectivity index (χ4v) is 1.54. The van der Waals surface area contributed by atoms with E-state index in [4.69, 9.17) is 0 Å². The molecule has 102 valence electrons. The van der Waals surface area contributed by atoms with Gasteiger partial charge in [-0.05, 0) is 24.2 Å². The van der Waals surface area contributed by atoms with E-state index in [9.17, 15) is 17.6 Å². The van der Waals surface area contributed by atoms with Crippen molar-refractivity contribution in [1.82, 2.24) is 5.32 Å². The van der Waals surface area contributed by atoms with Gasteiger partial charge in [-0.3, -0.25) is 0 Å². The number of likely N-dealkylation sites (N-methyl/N-ethyl adjacent to an activating group) is 1. The number of hydrogen-bond acceptors (Lipinski definition) is 2. The Morgan fingerprint density at radius 2 is 2.06 bits per heavy atom. The first-order valence-electron chi connectivity index (χ1n) is 5.55. The minimum absolute atomic E-state index is 0.156. The molecule has 0 fully saturated rings. The molecule has 0 aromatic heterocycles. The third-order valence-electron chi connectivity index (χ3n) is 2.25. The molecule has 1 aromatic rings. The van der Waals surface area contributed by atoms with Crippen molar-refractivity contribution < 1.29 is 22.3 Å². The van der Waals surface area contributed by atoms with Gasteiger partial charge in [0.2, 0.25) is 0 Å². The summed E-state index contributed by atoms with van der Waals surface area (Å²) in [6, 6.07) is 5.27. The van der Waals surface area contributed by atoms with E-state index in [0.29, 0.717) is 12.1 Å². The molecule has 0 radical (unpaired) electrons. The quantitative estimate of drug-likeness (QED) is 0.798. The van der Waals surface area contributed by atoms with Gasteiger partial charge in [-0.25, -0.2) is 4.39 Å². The summed E-state index contributed by atoms with van der Waals surface area (Å²) >= 11 is 0. The number of halogens is 4. The maximum atomic E-state index is 13.0. The fraction of sp³-hybridized carbons (Fsp3) is 0.500. The Kier molecular flexibility index (Phi) is 5.55. The van der Waals surface area contributed by atoms with Crippen LogP contribution in [0.2, 0.25) is 0 Å². The molecule has 0 aliphatic carbocycles. The van der Waals surface area contributed by atoms with Crippen LogP contribution >= 0.6 is 0 Å². The minimum Gasteiger partial charge on any atom is -0.370 e. The second-order valence-electron chi connectivity index (χ2n) is 3.80. The molecule has 0 aliphatic heterocycles. The number of hydrogen-bond donors (Lipinski definition) is 1. The molecule has 2 nitrogen and oxygen atoms in total. The van der Waals surface area contributed by atoms with Crippen molar-refractivity contribution in [3.05, 3.63) is 35.6 Å². The van der Waals surface area contributed by atoms with E-state index in [0.717, 1.165) is 0 Å². The van der Waals surface area contributed by atoms with E-state index in [1.165, 1.54) is 18.2 Å². The van der Waals surface area contributed by atoms with Crippen LogP contribution in [0.4, 0.5) is 17.6 Å². The molecule has 0 spiro atoms. The zero-order valence-corrected chi connectivity index (χ0v) is 9.93. The molecular formula is C12H15F4NO. The highest BCUT2D eigenvalue weighted by atomic mass is 19.4. The first-order valence-corrected chi connectivity index (χ1v) is 5.55. The van der Waals surface area contributed by atoms with E-state index in [1.54, 1.807) is 6.07 Å². The van der Waals surface area contributed by atoms with Gasteiger partial charge in [0.25, 0.3) is 0 Å². The molecule has 0 amide bonds. The lowest BCUT2D eigenvalue weighted by Gasteiger charge is -2.19. The van der Waals surface area contributed by atoms with Crippen LogP contribution in [-0.2, 0) is 4.74 Å². The van der Waals surface area contributed by atoms with Gasteiger partial charge in [0.1, 0.15) is 12.4 Å². The molecule has 1 rings (SSSR count). The molecule has 1 atom stereocenters. The SMILES string of the molecule is CCNC(COCC(F)(F)F)c1cccc(F)c1. The van der Waals surface area contributed by atoms with E-state index in [2.05, 4.69) is 10.1 Å². The largest absolute Gasteiger partial charge is 0.411 e. The first-order chi connectivity index (χ1) is 8.42. The zero-order valence-electron chi connectivity index (χ0n) is 9.93. The summed E-state index contributed by atoms with van der Waals surface area (Å²) in [5.74, 6) is -0.425. The lowest BCUT2D eigenvalue weighted by molar-refractivity contribution is -0.175. The highest BCUT2D eigenvalue weighted by molar-refractivity contribution is 5.20. The Morgan fingerprint density at radius 1 is 1.33 bits per heavy atom. The smallest absolute Gasteiger partial charge is 0.370 e. The van der Waals surface area contributed by atoms with Gasteiger partial charge < -0.3 is 10.1 Å².